The highest BCUT2D eigenvalue weighted by Gasteiger charge is 2.41. The highest BCUT2D eigenvalue weighted by atomic mass is 32.2. The van der Waals surface area contributed by atoms with Crippen molar-refractivity contribution in [2.45, 2.75) is 82.8 Å². The summed E-state index contributed by atoms with van der Waals surface area (Å²) in [6.07, 6.45) is 1.27. The van der Waals surface area contributed by atoms with Gasteiger partial charge in [-0.05, 0) is 93.1 Å². The zero-order valence-corrected chi connectivity index (χ0v) is 38.0. The number of methoxy groups -OCH3 is 2. The van der Waals surface area contributed by atoms with Crippen LogP contribution in [0.3, 0.4) is 0 Å². The van der Waals surface area contributed by atoms with Crippen LogP contribution in [0.4, 0.5) is 29.2 Å². The number of benzene rings is 3. The van der Waals surface area contributed by atoms with Gasteiger partial charge in [-0.2, -0.15) is 28.2 Å². The van der Waals surface area contributed by atoms with Crippen molar-refractivity contribution < 1.29 is 41.1 Å². The molecular formula is C48H48F4N8O5S. The van der Waals surface area contributed by atoms with Crippen LogP contribution in [0.5, 0.6) is 17.4 Å². The van der Waals surface area contributed by atoms with Gasteiger partial charge >= 0.3 is 11.3 Å². The monoisotopic (exact) mass is 924 g/mol. The topological polar surface area (TPSA) is 136 Å². The Labute approximate surface area is 381 Å². The van der Waals surface area contributed by atoms with E-state index in [9.17, 15) is 4.55 Å². The van der Waals surface area contributed by atoms with Gasteiger partial charge in [-0.15, -0.1) is 0 Å². The van der Waals surface area contributed by atoms with Gasteiger partial charge in [0, 0.05) is 53.6 Å². The maximum Gasteiger partial charge on any atom is 0.417 e. The van der Waals surface area contributed by atoms with Gasteiger partial charge in [0.1, 0.15) is 46.8 Å². The first-order valence-electron chi connectivity index (χ1n) is 21.6. The molecule has 9 rings (SSSR count). The number of halogens is 4. The SMILES string of the molecule is COc1ccc(CN(Cc2ccc(OC)cc2)c2ncccc2C(C)N2c3nc([S+](C)[O-])nc4c(F)c(-c5c(C(F)(F)F)c(C)cc6c5cnn6C5CCCCO5)nc(c34)OC[C@@H]2C)cc1. The summed E-state index contributed by atoms with van der Waals surface area (Å²) in [5.41, 5.74) is 0.380. The molecule has 0 aliphatic carbocycles. The van der Waals surface area contributed by atoms with E-state index < -0.39 is 58.3 Å². The van der Waals surface area contributed by atoms with Crippen molar-refractivity contribution in [3.8, 4) is 28.6 Å². The molecule has 4 aromatic heterocycles. The molecule has 3 unspecified atom stereocenters. The first kappa shape index (κ1) is 44.9. The zero-order valence-electron chi connectivity index (χ0n) is 37.2. The highest BCUT2D eigenvalue weighted by molar-refractivity contribution is 7.90. The summed E-state index contributed by atoms with van der Waals surface area (Å²) < 4.78 is 102. The van der Waals surface area contributed by atoms with Crippen LogP contribution in [0, 0.1) is 12.7 Å². The second kappa shape index (κ2) is 18.2. The van der Waals surface area contributed by atoms with Crippen molar-refractivity contribution >= 4 is 44.6 Å². The van der Waals surface area contributed by atoms with E-state index in [1.807, 2.05) is 79.4 Å². The Kier molecular flexibility index (Phi) is 12.4. The summed E-state index contributed by atoms with van der Waals surface area (Å²) in [7, 11) is 3.23. The third kappa shape index (κ3) is 8.41. The van der Waals surface area contributed by atoms with Crippen LogP contribution in [-0.2, 0) is 35.2 Å². The molecule has 1 fully saturated rings. The molecule has 13 nitrogen and oxygen atoms in total. The van der Waals surface area contributed by atoms with Crippen molar-refractivity contribution in [1.29, 1.82) is 0 Å². The van der Waals surface area contributed by atoms with Gasteiger partial charge in [-0.25, -0.2) is 19.0 Å². The number of pyridine rings is 2. The molecule has 2 aliphatic heterocycles. The highest BCUT2D eigenvalue weighted by Crippen LogP contribution is 2.48. The van der Waals surface area contributed by atoms with Crippen LogP contribution in [0.1, 0.15) is 73.2 Å². The Morgan fingerprint density at radius 2 is 1.65 bits per heavy atom. The van der Waals surface area contributed by atoms with E-state index in [2.05, 4.69) is 20.0 Å². The Hall–Kier alpha value is -6.24. The molecule has 0 bridgehead atoms. The Bertz CT molecular complexity index is 2840. The van der Waals surface area contributed by atoms with Crippen LogP contribution in [-0.4, -0.2) is 74.0 Å². The predicted octanol–water partition coefficient (Wildman–Crippen LogP) is 9.91. The molecule has 344 valence electrons. The number of ether oxygens (including phenoxy) is 4. The Morgan fingerprint density at radius 3 is 2.26 bits per heavy atom. The molecular weight excluding hydrogens is 877 g/mol. The molecule has 66 heavy (non-hydrogen) atoms. The molecule has 18 heteroatoms. The number of alkyl halides is 3. The van der Waals surface area contributed by atoms with E-state index in [1.54, 1.807) is 25.1 Å². The van der Waals surface area contributed by atoms with E-state index in [0.29, 0.717) is 37.5 Å². The summed E-state index contributed by atoms with van der Waals surface area (Å²) >= 11 is -1.86. The zero-order chi connectivity index (χ0) is 46.4. The van der Waals surface area contributed by atoms with Gasteiger partial charge in [0.25, 0.3) is 0 Å². The summed E-state index contributed by atoms with van der Waals surface area (Å²) in [6, 6.07) is 19.7. The van der Waals surface area contributed by atoms with Gasteiger partial charge < -0.3 is 33.3 Å². The molecule has 1 saturated heterocycles. The molecule has 0 radical (unpaired) electrons. The number of nitrogens with zero attached hydrogens (tertiary/aromatic N) is 8. The van der Waals surface area contributed by atoms with E-state index in [1.165, 1.54) is 25.4 Å². The van der Waals surface area contributed by atoms with Crippen LogP contribution >= 0.6 is 0 Å². The third-order valence-corrected chi connectivity index (χ3v) is 12.9. The van der Waals surface area contributed by atoms with E-state index in [4.69, 9.17) is 28.9 Å². The molecule has 4 atom stereocenters. The number of aryl methyl sites for hydroxylation is 1. The first-order valence-corrected chi connectivity index (χ1v) is 23.1. The largest absolute Gasteiger partial charge is 0.609 e. The average Bonchev–Trinajstić information content (AvgIpc) is 3.68. The normalized spacial score (nSPS) is 17.3. The maximum absolute atomic E-state index is 17.7. The molecule has 2 aliphatic rings. The lowest BCUT2D eigenvalue weighted by molar-refractivity contribution is -0.137. The molecule has 3 aromatic carbocycles. The second-order valence-corrected chi connectivity index (χ2v) is 17.9. The smallest absolute Gasteiger partial charge is 0.417 e. The van der Waals surface area contributed by atoms with Crippen molar-refractivity contribution in [3.05, 3.63) is 113 Å². The van der Waals surface area contributed by atoms with Gasteiger partial charge in [-0.1, -0.05) is 30.3 Å². The lowest BCUT2D eigenvalue weighted by Crippen LogP contribution is -2.40. The minimum absolute atomic E-state index is 0.0261. The summed E-state index contributed by atoms with van der Waals surface area (Å²) in [6.45, 7) is 6.56. The number of anilines is 2. The van der Waals surface area contributed by atoms with Crippen LogP contribution in [0.2, 0.25) is 0 Å². The summed E-state index contributed by atoms with van der Waals surface area (Å²) in [5.74, 6) is 0.947. The fraction of sp³-hybridized carbons (Fsp3) is 0.354. The number of aromatic nitrogens is 6. The number of hydrogen-bond acceptors (Lipinski definition) is 12. The molecule has 7 aromatic rings. The number of rotatable bonds is 12. The minimum atomic E-state index is -4.92. The third-order valence-electron chi connectivity index (χ3n) is 12.2. The van der Waals surface area contributed by atoms with Gasteiger partial charge in [0.05, 0.1) is 43.6 Å². The molecule has 0 N–H and O–H groups in total. The summed E-state index contributed by atoms with van der Waals surface area (Å²) in [4.78, 5) is 22.9. The van der Waals surface area contributed by atoms with Crippen molar-refractivity contribution in [2.24, 2.45) is 0 Å². The Morgan fingerprint density at radius 1 is 0.970 bits per heavy atom. The van der Waals surface area contributed by atoms with Crippen LogP contribution in [0.15, 0.2) is 84.3 Å². The fourth-order valence-electron chi connectivity index (χ4n) is 9.08. The molecule has 0 spiro atoms. The van der Waals surface area contributed by atoms with Crippen molar-refractivity contribution in [3.63, 3.8) is 0 Å². The quantitative estimate of drug-likeness (QED) is 0.0656. The van der Waals surface area contributed by atoms with Gasteiger partial charge in [0.15, 0.2) is 17.9 Å². The maximum atomic E-state index is 17.7. The lowest BCUT2D eigenvalue weighted by atomic mass is 9.94. The second-order valence-electron chi connectivity index (χ2n) is 16.6. The molecule has 0 saturated carbocycles. The van der Waals surface area contributed by atoms with E-state index >= 15 is 17.6 Å². The van der Waals surface area contributed by atoms with Gasteiger partial charge in [0.2, 0.25) is 5.88 Å². The predicted molar refractivity (Wildman–Crippen MR) is 243 cm³/mol. The van der Waals surface area contributed by atoms with E-state index in [-0.39, 0.29) is 45.3 Å². The molecule has 0 amide bonds. The van der Waals surface area contributed by atoms with Crippen LogP contribution < -0.4 is 24.0 Å². The Balaban J connectivity index is 1.21. The molecule has 6 heterocycles. The van der Waals surface area contributed by atoms with E-state index in [0.717, 1.165) is 41.0 Å². The fourth-order valence-corrected chi connectivity index (χ4v) is 9.51. The number of fused-ring (bicyclic) bond motifs is 1. The first-order chi connectivity index (χ1) is 31.7. The van der Waals surface area contributed by atoms with Crippen molar-refractivity contribution in [1.82, 2.24) is 29.7 Å². The van der Waals surface area contributed by atoms with Crippen LogP contribution in [0.25, 0.3) is 33.1 Å². The standard InChI is InChI=1S/C48H48F4N8O5S/c1-27-22-36-35(23-54-60(36)37-11-7-8-21-64-37)38(40(27)48(50,51)52)42-41(49)43-39-45(57-47(56-43)66(6)61)59(28(2)26-65-46(39)55-42)29(3)34-10-9-20-53-44(34)58(24-30-12-16-32(62-4)17-13-30)25-31-14-18-33(63-5)19-15-31/h9-10,12-20,22-23,28-29,37H,7-8,11,21,24-26H2,1-6H3/t28-,29?,37?,66?/m0/s1. The lowest BCUT2D eigenvalue weighted by Gasteiger charge is -2.36. The van der Waals surface area contributed by atoms with Crippen molar-refractivity contribution in [2.75, 3.05) is 43.5 Å². The number of hydrogen-bond donors (Lipinski definition) is 0. The summed E-state index contributed by atoms with van der Waals surface area (Å²) in [5, 5.41) is 4.33. The minimum Gasteiger partial charge on any atom is -0.609 e. The van der Waals surface area contributed by atoms with Gasteiger partial charge in [-0.3, -0.25) is 0 Å². The average molecular weight is 925 g/mol.